The Hall–Kier alpha value is -2.86. The first-order valence-electron chi connectivity index (χ1n) is 9.19. The molecule has 1 atom stereocenters. The van der Waals surface area contributed by atoms with Crippen molar-refractivity contribution in [3.05, 3.63) is 82.3 Å². The summed E-state index contributed by atoms with van der Waals surface area (Å²) in [7, 11) is 0. The van der Waals surface area contributed by atoms with Gasteiger partial charge in [0.1, 0.15) is 11.6 Å². The summed E-state index contributed by atoms with van der Waals surface area (Å²) in [5.74, 6) is 0.333. The molecular formula is C21H21FN4O. The molecule has 1 aliphatic rings. The number of rotatable bonds is 4. The number of aromatic amines is 1. The molecule has 0 spiro atoms. The molecule has 0 unspecified atom stereocenters. The fraction of sp³-hybridized carbons (Fsp3) is 0.286. The van der Waals surface area contributed by atoms with E-state index in [0.717, 1.165) is 42.6 Å². The summed E-state index contributed by atoms with van der Waals surface area (Å²) in [6.45, 7) is 1.64. The van der Waals surface area contributed by atoms with Crippen molar-refractivity contribution < 1.29 is 4.39 Å². The largest absolute Gasteiger partial charge is 0.307 e. The van der Waals surface area contributed by atoms with Crippen LogP contribution in [0.15, 0.2) is 59.7 Å². The minimum absolute atomic E-state index is 0.0756. The van der Waals surface area contributed by atoms with E-state index in [4.69, 9.17) is 4.98 Å². The van der Waals surface area contributed by atoms with E-state index in [0.29, 0.717) is 12.4 Å². The number of H-pyrrole nitrogens is 1. The maximum atomic E-state index is 13.2. The van der Waals surface area contributed by atoms with Crippen molar-refractivity contribution in [3.63, 3.8) is 0 Å². The molecule has 27 heavy (non-hydrogen) atoms. The number of hydrogen-bond acceptors (Lipinski definition) is 4. The van der Waals surface area contributed by atoms with E-state index in [1.165, 1.54) is 12.1 Å². The molecule has 0 saturated carbocycles. The Morgan fingerprint density at radius 3 is 2.67 bits per heavy atom. The number of piperidine rings is 1. The minimum atomic E-state index is -0.229. The van der Waals surface area contributed by atoms with Crippen molar-refractivity contribution >= 4 is 0 Å². The zero-order valence-electron chi connectivity index (χ0n) is 14.9. The highest BCUT2D eigenvalue weighted by Gasteiger charge is 2.26. The second-order valence-electron chi connectivity index (χ2n) is 6.86. The Morgan fingerprint density at radius 2 is 1.89 bits per heavy atom. The number of pyridine rings is 1. The molecule has 3 aromatic rings. The molecule has 0 radical (unpaired) electrons. The van der Waals surface area contributed by atoms with Crippen LogP contribution in [0, 0.1) is 5.82 Å². The van der Waals surface area contributed by atoms with Gasteiger partial charge in [0, 0.05) is 30.6 Å². The van der Waals surface area contributed by atoms with Crippen molar-refractivity contribution in [2.45, 2.75) is 31.8 Å². The standard InChI is InChI=1S/C21H21FN4O/c22-17-6-4-15(5-7-17)14-26-12-2-1-3-19(26)18-13-20(27)25-21(24-18)16-8-10-23-11-9-16/h4-11,13,19H,1-3,12,14H2,(H,24,25,27)/t19-/m0/s1. The van der Waals surface area contributed by atoms with Crippen LogP contribution in [0.5, 0.6) is 0 Å². The Balaban J connectivity index is 1.64. The van der Waals surface area contributed by atoms with Gasteiger partial charge in [-0.3, -0.25) is 14.7 Å². The molecule has 6 heteroatoms. The van der Waals surface area contributed by atoms with Crippen LogP contribution >= 0.6 is 0 Å². The van der Waals surface area contributed by atoms with E-state index in [1.54, 1.807) is 18.5 Å². The second kappa shape index (κ2) is 7.80. The Labute approximate surface area is 156 Å². The van der Waals surface area contributed by atoms with Crippen molar-refractivity contribution in [2.75, 3.05) is 6.54 Å². The number of hydrogen-bond donors (Lipinski definition) is 1. The fourth-order valence-electron chi connectivity index (χ4n) is 3.63. The third kappa shape index (κ3) is 4.11. The lowest BCUT2D eigenvalue weighted by atomic mass is 9.98. The molecule has 1 aromatic carbocycles. The normalized spacial score (nSPS) is 17.7. The predicted octanol–water partition coefficient (Wildman–Crippen LogP) is 3.70. The number of aromatic nitrogens is 3. The molecule has 0 aliphatic carbocycles. The summed E-state index contributed by atoms with van der Waals surface area (Å²) in [5, 5.41) is 0. The van der Waals surface area contributed by atoms with Crippen molar-refractivity contribution in [3.8, 4) is 11.4 Å². The van der Waals surface area contributed by atoms with Crippen LogP contribution in [0.4, 0.5) is 4.39 Å². The summed E-state index contributed by atoms with van der Waals surface area (Å²) in [6, 6.07) is 11.9. The highest BCUT2D eigenvalue weighted by Crippen LogP contribution is 2.31. The van der Waals surface area contributed by atoms with E-state index < -0.39 is 0 Å². The van der Waals surface area contributed by atoms with E-state index >= 15 is 0 Å². The molecular weight excluding hydrogens is 343 g/mol. The van der Waals surface area contributed by atoms with E-state index in [-0.39, 0.29) is 17.4 Å². The Kier molecular flexibility index (Phi) is 5.07. The van der Waals surface area contributed by atoms with Gasteiger partial charge in [0.15, 0.2) is 0 Å². The Bertz CT molecular complexity index is 956. The summed E-state index contributed by atoms with van der Waals surface area (Å²) in [6.07, 6.45) is 6.53. The van der Waals surface area contributed by atoms with E-state index in [9.17, 15) is 9.18 Å². The lowest BCUT2D eigenvalue weighted by Gasteiger charge is -2.35. The molecule has 138 valence electrons. The van der Waals surface area contributed by atoms with Crippen LogP contribution < -0.4 is 5.56 Å². The van der Waals surface area contributed by atoms with Crippen molar-refractivity contribution in [1.29, 1.82) is 0 Å². The van der Waals surface area contributed by atoms with Crippen LogP contribution in [-0.4, -0.2) is 26.4 Å². The number of likely N-dealkylation sites (tertiary alicyclic amines) is 1. The maximum absolute atomic E-state index is 13.2. The summed E-state index contributed by atoms with van der Waals surface area (Å²) >= 11 is 0. The van der Waals surface area contributed by atoms with Gasteiger partial charge >= 0.3 is 0 Å². The number of nitrogens with zero attached hydrogens (tertiary/aromatic N) is 3. The molecule has 1 N–H and O–H groups in total. The number of halogens is 1. The number of nitrogens with one attached hydrogen (secondary N) is 1. The molecule has 1 fully saturated rings. The molecule has 4 rings (SSSR count). The van der Waals surface area contributed by atoms with Gasteiger partial charge in [-0.25, -0.2) is 9.37 Å². The van der Waals surface area contributed by atoms with Gasteiger partial charge in [-0.2, -0.15) is 0 Å². The van der Waals surface area contributed by atoms with Crippen LogP contribution in [0.3, 0.4) is 0 Å². The third-order valence-electron chi connectivity index (χ3n) is 4.97. The molecule has 0 amide bonds. The van der Waals surface area contributed by atoms with Crippen LogP contribution in [0.2, 0.25) is 0 Å². The third-order valence-corrected chi connectivity index (χ3v) is 4.97. The van der Waals surface area contributed by atoms with Crippen LogP contribution in [-0.2, 0) is 6.54 Å². The molecule has 2 aromatic heterocycles. The second-order valence-corrected chi connectivity index (χ2v) is 6.86. The number of benzene rings is 1. The first kappa shape index (κ1) is 17.5. The van der Waals surface area contributed by atoms with Gasteiger partial charge in [0.05, 0.1) is 11.7 Å². The van der Waals surface area contributed by atoms with Gasteiger partial charge in [0.2, 0.25) is 0 Å². The first-order valence-corrected chi connectivity index (χ1v) is 9.19. The van der Waals surface area contributed by atoms with Gasteiger partial charge in [0.25, 0.3) is 5.56 Å². The SMILES string of the molecule is O=c1cc([C@@H]2CCCCN2Cc2ccc(F)cc2)nc(-c2ccncc2)[nH]1. The Morgan fingerprint density at radius 1 is 1.11 bits per heavy atom. The van der Waals surface area contributed by atoms with Crippen molar-refractivity contribution in [2.24, 2.45) is 0 Å². The summed E-state index contributed by atoms with van der Waals surface area (Å²) in [5.41, 5.74) is 2.53. The highest BCUT2D eigenvalue weighted by atomic mass is 19.1. The molecule has 5 nitrogen and oxygen atoms in total. The zero-order chi connectivity index (χ0) is 18.6. The van der Waals surface area contributed by atoms with E-state index in [2.05, 4.69) is 14.9 Å². The van der Waals surface area contributed by atoms with Crippen molar-refractivity contribution in [1.82, 2.24) is 19.9 Å². The molecule has 3 heterocycles. The minimum Gasteiger partial charge on any atom is -0.307 e. The highest BCUT2D eigenvalue weighted by molar-refractivity contribution is 5.53. The zero-order valence-corrected chi connectivity index (χ0v) is 14.9. The van der Waals surface area contributed by atoms with Crippen LogP contribution in [0.1, 0.15) is 36.6 Å². The average Bonchev–Trinajstić information content (AvgIpc) is 2.70. The maximum Gasteiger partial charge on any atom is 0.251 e. The first-order chi connectivity index (χ1) is 13.2. The van der Waals surface area contributed by atoms with Gasteiger partial charge in [-0.05, 0) is 49.2 Å². The lowest BCUT2D eigenvalue weighted by molar-refractivity contribution is 0.137. The van der Waals surface area contributed by atoms with E-state index in [1.807, 2.05) is 24.3 Å². The molecule has 1 saturated heterocycles. The quantitative estimate of drug-likeness (QED) is 0.767. The molecule has 1 aliphatic heterocycles. The fourth-order valence-corrected chi connectivity index (χ4v) is 3.63. The van der Waals surface area contributed by atoms with Gasteiger partial charge < -0.3 is 4.98 Å². The van der Waals surface area contributed by atoms with Crippen LogP contribution in [0.25, 0.3) is 11.4 Å². The summed E-state index contributed by atoms with van der Waals surface area (Å²) < 4.78 is 13.2. The van der Waals surface area contributed by atoms with Gasteiger partial charge in [-0.15, -0.1) is 0 Å². The monoisotopic (exact) mass is 364 g/mol. The smallest absolute Gasteiger partial charge is 0.251 e. The average molecular weight is 364 g/mol. The summed E-state index contributed by atoms with van der Waals surface area (Å²) in [4.78, 5) is 26.2. The lowest BCUT2D eigenvalue weighted by Crippen LogP contribution is -2.34. The molecule has 0 bridgehead atoms. The topological polar surface area (TPSA) is 61.9 Å². The predicted molar refractivity (Wildman–Crippen MR) is 101 cm³/mol. The van der Waals surface area contributed by atoms with Gasteiger partial charge in [-0.1, -0.05) is 18.6 Å².